The van der Waals surface area contributed by atoms with Crippen molar-refractivity contribution in [3.05, 3.63) is 30.0 Å². The monoisotopic (exact) mass is 413 g/mol. The van der Waals surface area contributed by atoms with Gasteiger partial charge in [-0.3, -0.25) is 4.79 Å². The van der Waals surface area contributed by atoms with Crippen LogP contribution in [0.5, 0.6) is 5.75 Å². The summed E-state index contributed by atoms with van der Waals surface area (Å²) in [7, 11) is 3.78. The summed E-state index contributed by atoms with van der Waals surface area (Å²) in [6, 6.07) is 6.04. The summed E-state index contributed by atoms with van der Waals surface area (Å²) in [4.78, 5) is 17.9. The minimum Gasteiger partial charge on any atom is -0.495 e. The number of methoxy groups -OCH3 is 1. The number of hydrogen-bond acceptors (Lipinski definition) is 4. The van der Waals surface area contributed by atoms with Crippen molar-refractivity contribution in [2.24, 2.45) is 5.92 Å². The first-order chi connectivity index (χ1) is 14.6. The molecule has 1 aliphatic heterocycles. The molecule has 6 heteroatoms. The first-order valence-electron chi connectivity index (χ1n) is 11.4. The zero-order chi connectivity index (χ0) is 21.1. The number of nitrogens with zero attached hydrogens (tertiary/aromatic N) is 3. The molecule has 2 heterocycles. The van der Waals surface area contributed by atoms with Crippen LogP contribution < -0.4 is 4.74 Å². The van der Waals surface area contributed by atoms with Gasteiger partial charge in [-0.25, -0.2) is 0 Å². The predicted octanol–water partition coefficient (Wildman–Crippen LogP) is 3.37. The van der Waals surface area contributed by atoms with Crippen LogP contribution in [-0.4, -0.2) is 71.8 Å². The van der Waals surface area contributed by atoms with Crippen molar-refractivity contribution < 1.29 is 14.6 Å². The summed E-state index contributed by atoms with van der Waals surface area (Å²) in [5.74, 6) is 1.56. The quantitative estimate of drug-likeness (QED) is 0.789. The van der Waals surface area contributed by atoms with E-state index in [0.717, 1.165) is 41.9 Å². The smallest absolute Gasteiger partial charge is 0.256 e. The molecule has 1 N–H and O–H groups in total. The van der Waals surface area contributed by atoms with Gasteiger partial charge < -0.3 is 24.2 Å². The number of carbonyl (C=O) groups excluding carboxylic acids is 1. The van der Waals surface area contributed by atoms with E-state index in [4.69, 9.17) is 4.74 Å². The second-order valence-corrected chi connectivity index (χ2v) is 8.98. The number of benzene rings is 1. The molecule has 2 aliphatic rings. The standard InChI is InChI=1S/C24H35N3O3/c1-25-12-13-27(19(16-25)11-14-28)24(29)21-17-26(15-18-7-4-3-5-8-18)23-20(21)9-6-10-22(23)30-2/h6,9-10,17-19,28H,3-5,7-8,11-16H2,1-2H3/t19-/m0/s1. The van der Waals surface area contributed by atoms with Crippen LogP contribution in [0.15, 0.2) is 24.4 Å². The molecule has 6 nitrogen and oxygen atoms in total. The maximum absolute atomic E-state index is 13.7. The molecule has 0 radical (unpaired) electrons. The lowest BCUT2D eigenvalue weighted by Gasteiger charge is -2.40. The van der Waals surface area contributed by atoms with Gasteiger partial charge in [-0.05, 0) is 38.3 Å². The fourth-order valence-corrected chi connectivity index (χ4v) is 5.28. The molecular formula is C24H35N3O3. The topological polar surface area (TPSA) is 57.9 Å². The molecule has 2 fully saturated rings. The van der Waals surface area contributed by atoms with Gasteiger partial charge in [-0.2, -0.15) is 0 Å². The molecule has 1 atom stereocenters. The summed E-state index contributed by atoms with van der Waals surface area (Å²) in [6.45, 7) is 3.39. The van der Waals surface area contributed by atoms with Crippen molar-refractivity contribution >= 4 is 16.8 Å². The Kier molecular flexibility index (Phi) is 6.64. The Hall–Kier alpha value is -2.05. The van der Waals surface area contributed by atoms with Crippen molar-refractivity contribution in [2.45, 2.75) is 51.1 Å². The Morgan fingerprint density at radius 1 is 1.20 bits per heavy atom. The van der Waals surface area contributed by atoms with Crippen molar-refractivity contribution in [3.63, 3.8) is 0 Å². The van der Waals surface area contributed by atoms with E-state index in [1.54, 1.807) is 7.11 Å². The molecule has 1 aromatic carbocycles. The Labute approximate surface area is 179 Å². The van der Waals surface area contributed by atoms with E-state index in [9.17, 15) is 9.90 Å². The van der Waals surface area contributed by atoms with Gasteiger partial charge in [0, 0.05) is 50.4 Å². The predicted molar refractivity (Wildman–Crippen MR) is 119 cm³/mol. The van der Waals surface area contributed by atoms with Crippen LogP contribution in [-0.2, 0) is 6.54 Å². The molecule has 0 bridgehead atoms. The van der Waals surface area contributed by atoms with Crippen LogP contribution in [0.4, 0.5) is 0 Å². The van der Waals surface area contributed by atoms with E-state index in [-0.39, 0.29) is 18.6 Å². The van der Waals surface area contributed by atoms with Gasteiger partial charge in [0.05, 0.1) is 18.2 Å². The van der Waals surface area contributed by atoms with Gasteiger partial charge in [0.1, 0.15) is 5.75 Å². The van der Waals surface area contributed by atoms with Crippen molar-refractivity contribution in [1.82, 2.24) is 14.4 Å². The van der Waals surface area contributed by atoms with E-state index < -0.39 is 0 Å². The Bertz CT molecular complexity index is 872. The van der Waals surface area contributed by atoms with E-state index in [1.807, 2.05) is 23.1 Å². The molecule has 1 saturated carbocycles. The minimum atomic E-state index is 0.0450. The van der Waals surface area contributed by atoms with Crippen molar-refractivity contribution in [3.8, 4) is 5.75 Å². The molecule has 1 saturated heterocycles. The molecule has 1 amide bonds. The van der Waals surface area contributed by atoms with E-state index in [1.165, 1.54) is 32.1 Å². The number of rotatable bonds is 6. The van der Waals surface area contributed by atoms with Crippen molar-refractivity contribution in [2.75, 3.05) is 40.4 Å². The molecule has 2 aromatic rings. The van der Waals surface area contributed by atoms with Gasteiger partial charge >= 0.3 is 0 Å². The normalized spacial score (nSPS) is 21.3. The average molecular weight is 414 g/mol. The van der Waals surface area contributed by atoms with Crippen LogP contribution in [0, 0.1) is 5.92 Å². The number of amides is 1. The molecule has 30 heavy (non-hydrogen) atoms. The molecule has 1 aliphatic carbocycles. The van der Waals surface area contributed by atoms with Gasteiger partial charge in [0.25, 0.3) is 5.91 Å². The molecule has 1 aromatic heterocycles. The number of para-hydroxylation sites is 1. The van der Waals surface area contributed by atoms with Crippen LogP contribution in [0.3, 0.4) is 0 Å². The number of aliphatic hydroxyl groups excluding tert-OH is 1. The Morgan fingerprint density at radius 3 is 2.73 bits per heavy atom. The zero-order valence-corrected chi connectivity index (χ0v) is 18.3. The lowest BCUT2D eigenvalue weighted by Crippen LogP contribution is -2.54. The highest BCUT2D eigenvalue weighted by Gasteiger charge is 2.31. The number of aliphatic hydroxyl groups is 1. The zero-order valence-electron chi connectivity index (χ0n) is 18.3. The van der Waals surface area contributed by atoms with Gasteiger partial charge in [-0.15, -0.1) is 0 Å². The highest BCUT2D eigenvalue weighted by molar-refractivity contribution is 6.08. The summed E-state index contributed by atoms with van der Waals surface area (Å²) in [6.07, 6.45) is 9.13. The van der Waals surface area contributed by atoms with E-state index >= 15 is 0 Å². The van der Waals surface area contributed by atoms with Gasteiger partial charge in [-0.1, -0.05) is 31.4 Å². The van der Waals surface area contributed by atoms with E-state index in [0.29, 0.717) is 18.9 Å². The molecule has 164 valence electrons. The van der Waals surface area contributed by atoms with Crippen LogP contribution >= 0.6 is 0 Å². The number of likely N-dealkylation sites (N-methyl/N-ethyl adjacent to an activating group) is 1. The number of fused-ring (bicyclic) bond motifs is 1. The third kappa shape index (κ3) is 4.21. The van der Waals surface area contributed by atoms with Crippen LogP contribution in [0.2, 0.25) is 0 Å². The van der Waals surface area contributed by atoms with Crippen LogP contribution in [0.1, 0.15) is 48.9 Å². The fourth-order valence-electron chi connectivity index (χ4n) is 5.28. The van der Waals surface area contributed by atoms with Gasteiger partial charge in [0.2, 0.25) is 0 Å². The first kappa shape index (κ1) is 21.2. The third-order valence-corrected chi connectivity index (χ3v) is 6.90. The average Bonchev–Trinajstić information content (AvgIpc) is 3.13. The number of carbonyl (C=O) groups is 1. The fraction of sp³-hybridized carbons (Fsp3) is 0.625. The van der Waals surface area contributed by atoms with Gasteiger partial charge in [0.15, 0.2) is 0 Å². The highest BCUT2D eigenvalue weighted by atomic mass is 16.5. The minimum absolute atomic E-state index is 0.0450. The number of hydrogen-bond donors (Lipinski definition) is 1. The lowest BCUT2D eigenvalue weighted by molar-refractivity contribution is 0.0450. The Morgan fingerprint density at radius 2 is 2.00 bits per heavy atom. The molecule has 0 unspecified atom stereocenters. The second kappa shape index (κ2) is 9.40. The largest absolute Gasteiger partial charge is 0.495 e. The molecule has 4 rings (SSSR count). The number of ether oxygens (including phenoxy) is 1. The molecule has 0 spiro atoms. The van der Waals surface area contributed by atoms with E-state index in [2.05, 4.69) is 22.7 Å². The maximum Gasteiger partial charge on any atom is 0.256 e. The van der Waals surface area contributed by atoms with Crippen LogP contribution in [0.25, 0.3) is 10.9 Å². The van der Waals surface area contributed by atoms with Crippen molar-refractivity contribution in [1.29, 1.82) is 0 Å². The number of piperazine rings is 1. The summed E-state index contributed by atoms with van der Waals surface area (Å²) < 4.78 is 7.94. The first-order valence-corrected chi connectivity index (χ1v) is 11.4. The summed E-state index contributed by atoms with van der Waals surface area (Å²) in [5.41, 5.74) is 1.79. The molecular weight excluding hydrogens is 378 g/mol. The number of aromatic nitrogens is 1. The maximum atomic E-state index is 13.7. The summed E-state index contributed by atoms with van der Waals surface area (Å²) >= 11 is 0. The summed E-state index contributed by atoms with van der Waals surface area (Å²) in [5, 5.41) is 10.5. The third-order valence-electron chi connectivity index (χ3n) is 6.90. The SMILES string of the molecule is COc1cccc2c(C(=O)N3CCN(C)C[C@@H]3CCO)cn(CC3CCCCC3)c12. The second-order valence-electron chi connectivity index (χ2n) is 8.98. The highest BCUT2D eigenvalue weighted by Crippen LogP contribution is 2.34. The Balaban J connectivity index is 1.70. The lowest BCUT2D eigenvalue weighted by atomic mass is 9.89.